The van der Waals surface area contributed by atoms with Crippen molar-refractivity contribution in [2.24, 2.45) is 7.05 Å². The maximum Gasteiger partial charge on any atom is 0.134 e. The Bertz CT molecular complexity index is 537. The van der Waals surface area contributed by atoms with Crippen LogP contribution in [-0.4, -0.2) is 26.6 Å². The highest BCUT2D eigenvalue weighted by Crippen LogP contribution is 2.16. The van der Waals surface area contributed by atoms with Gasteiger partial charge in [-0.25, -0.2) is 15.0 Å². The van der Waals surface area contributed by atoms with E-state index in [1.807, 2.05) is 36.7 Å². The van der Waals surface area contributed by atoms with Crippen LogP contribution in [0.4, 0.5) is 5.82 Å². The summed E-state index contributed by atoms with van der Waals surface area (Å²) < 4.78 is 1.99. The van der Waals surface area contributed by atoms with Crippen LogP contribution >= 0.6 is 11.6 Å². The molecule has 0 saturated heterocycles. The van der Waals surface area contributed by atoms with Crippen molar-refractivity contribution in [3.63, 3.8) is 0 Å². The molecular weight excluding hydrogens is 250 g/mol. The van der Waals surface area contributed by atoms with Gasteiger partial charge in [0.2, 0.25) is 0 Å². The zero-order valence-corrected chi connectivity index (χ0v) is 11.5. The van der Waals surface area contributed by atoms with E-state index in [-0.39, 0.29) is 0 Å². The molecule has 18 heavy (non-hydrogen) atoms. The molecule has 0 spiro atoms. The van der Waals surface area contributed by atoms with Gasteiger partial charge >= 0.3 is 0 Å². The Morgan fingerprint density at radius 1 is 1.39 bits per heavy atom. The highest BCUT2D eigenvalue weighted by Gasteiger charge is 2.09. The minimum absolute atomic E-state index is 0.476. The van der Waals surface area contributed by atoms with Crippen LogP contribution in [0.15, 0.2) is 18.5 Å². The van der Waals surface area contributed by atoms with E-state index in [1.165, 1.54) is 0 Å². The number of imidazole rings is 1. The van der Waals surface area contributed by atoms with Crippen LogP contribution in [-0.2, 0) is 20.0 Å². The molecule has 0 bridgehead atoms. The van der Waals surface area contributed by atoms with E-state index < -0.39 is 0 Å². The number of nitrogens with zero attached hydrogens (tertiary/aromatic N) is 5. The molecular formula is C12H16ClN5. The molecule has 2 heterocycles. The first-order chi connectivity index (χ1) is 8.60. The summed E-state index contributed by atoms with van der Waals surface area (Å²) in [6.07, 6.45) is 4.48. The van der Waals surface area contributed by atoms with Gasteiger partial charge in [0.1, 0.15) is 22.6 Å². The lowest BCUT2D eigenvalue weighted by Crippen LogP contribution is -2.20. The van der Waals surface area contributed by atoms with E-state index in [0.29, 0.717) is 11.7 Å². The molecule has 0 amide bonds. The lowest BCUT2D eigenvalue weighted by atomic mass is 10.4. The smallest absolute Gasteiger partial charge is 0.134 e. The van der Waals surface area contributed by atoms with Crippen molar-refractivity contribution >= 4 is 17.4 Å². The number of anilines is 1. The lowest BCUT2D eigenvalue weighted by molar-refractivity contribution is 0.750. The van der Waals surface area contributed by atoms with Crippen LogP contribution in [0.25, 0.3) is 0 Å². The standard InChI is InChI=1S/C12H16ClN5/c1-4-10-15-9(13)7-11(16-10)18(3)8-12-14-5-6-17(12)2/h5-7H,4,8H2,1-3H3. The first kappa shape index (κ1) is 12.8. The van der Waals surface area contributed by atoms with E-state index in [0.717, 1.165) is 23.9 Å². The molecule has 6 heteroatoms. The van der Waals surface area contributed by atoms with E-state index in [1.54, 1.807) is 12.3 Å². The molecule has 2 aromatic heterocycles. The van der Waals surface area contributed by atoms with Crippen LogP contribution in [0.5, 0.6) is 0 Å². The van der Waals surface area contributed by atoms with Gasteiger partial charge in [-0.2, -0.15) is 0 Å². The molecule has 0 unspecified atom stereocenters. The van der Waals surface area contributed by atoms with Crippen LogP contribution in [0.2, 0.25) is 5.15 Å². The second-order valence-electron chi connectivity index (χ2n) is 4.13. The number of rotatable bonds is 4. The first-order valence-electron chi connectivity index (χ1n) is 5.81. The molecule has 2 rings (SSSR count). The molecule has 0 saturated carbocycles. The summed E-state index contributed by atoms with van der Waals surface area (Å²) in [5.41, 5.74) is 0. The van der Waals surface area contributed by atoms with Crippen LogP contribution in [0.3, 0.4) is 0 Å². The van der Waals surface area contributed by atoms with Crippen LogP contribution in [0.1, 0.15) is 18.6 Å². The first-order valence-corrected chi connectivity index (χ1v) is 6.18. The van der Waals surface area contributed by atoms with Gasteiger partial charge in [0.25, 0.3) is 0 Å². The Kier molecular flexibility index (Phi) is 3.81. The third-order valence-electron chi connectivity index (χ3n) is 2.73. The van der Waals surface area contributed by atoms with Gasteiger partial charge in [-0.3, -0.25) is 0 Å². The molecule has 0 aliphatic heterocycles. The minimum atomic E-state index is 0.476. The maximum absolute atomic E-state index is 5.99. The lowest BCUT2D eigenvalue weighted by Gasteiger charge is -2.18. The second kappa shape index (κ2) is 5.35. The van der Waals surface area contributed by atoms with Gasteiger partial charge in [0, 0.05) is 39.0 Å². The number of hydrogen-bond acceptors (Lipinski definition) is 4. The molecule has 0 atom stereocenters. The number of hydrogen-bond donors (Lipinski definition) is 0. The fourth-order valence-electron chi connectivity index (χ4n) is 1.65. The van der Waals surface area contributed by atoms with Gasteiger partial charge in [-0.15, -0.1) is 0 Å². The Morgan fingerprint density at radius 3 is 2.78 bits per heavy atom. The summed E-state index contributed by atoms with van der Waals surface area (Å²) in [6, 6.07) is 1.77. The van der Waals surface area contributed by atoms with E-state index in [4.69, 9.17) is 11.6 Å². The molecule has 0 aliphatic rings. The molecule has 0 aliphatic carbocycles. The predicted octanol–water partition coefficient (Wildman–Crippen LogP) is 2.06. The zero-order chi connectivity index (χ0) is 13.1. The fraction of sp³-hybridized carbons (Fsp3) is 0.417. The highest BCUT2D eigenvalue weighted by molar-refractivity contribution is 6.29. The van der Waals surface area contributed by atoms with Gasteiger partial charge < -0.3 is 9.47 Å². The molecule has 5 nitrogen and oxygen atoms in total. The minimum Gasteiger partial charge on any atom is -0.352 e. The number of aromatic nitrogens is 4. The molecule has 0 radical (unpaired) electrons. The predicted molar refractivity (Wildman–Crippen MR) is 71.7 cm³/mol. The van der Waals surface area contributed by atoms with Crippen molar-refractivity contribution in [3.05, 3.63) is 35.3 Å². The average Bonchev–Trinajstić information content (AvgIpc) is 2.74. The molecule has 0 aromatic carbocycles. The number of aryl methyl sites for hydroxylation is 2. The quantitative estimate of drug-likeness (QED) is 0.794. The second-order valence-corrected chi connectivity index (χ2v) is 4.52. The third kappa shape index (κ3) is 2.79. The Balaban J connectivity index is 2.20. The summed E-state index contributed by atoms with van der Waals surface area (Å²) in [5.74, 6) is 2.55. The Hall–Kier alpha value is -1.62. The molecule has 0 N–H and O–H groups in total. The summed E-state index contributed by atoms with van der Waals surface area (Å²) in [4.78, 5) is 14.9. The van der Waals surface area contributed by atoms with Crippen molar-refractivity contribution in [3.8, 4) is 0 Å². The summed E-state index contributed by atoms with van der Waals surface area (Å²) in [7, 11) is 3.94. The number of halogens is 1. The average molecular weight is 266 g/mol. The monoisotopic (exact) mass is 265 g/mol. The van der Waals surface area contributed by atoms with E-state index in [9.17, 15) is 0 Å². The zero-order valence-electron chi connectivity index (χ0n) is 10.8. The molecule has 96 valence electrons. The van der Waals surface area contributed by atoms with Gasteiger partial charge in [0.05, 0.1) is 6.54 Å². The highest BCUT2D eigenvalue weighted by atomic mass is 35.5. The van der Waals surface area contributed by atoms with Crippen molar-refractivity contribution < 1.29 is 0 Å². The maximum atomic E-state index is 5.99. The summed E-state index contributed by atoms with van der Waals surface area (Å²) >= 11 is 5.99. The normalized spacial score (nSPS) is 10.7. The van der Waals surface area contributed by atoms with Crippen molar-refractivity contribution in [2.45, 2.75) is 19.9 Å². The van der Waals surface area contributed by atoms with Gasteiger partial charge in [-0.05, 0) is 0 Å². The van der Waals surface area contributed by atoms with Crippen LogP contribution < -0.4 is 4.90 Å². The van der Waals surface area contributed by atoms with Crippen LogP contribution in [0, 0.1) is 0 Å². The van der Waals surface area contributed by atoms with E-state index in [2.05, 4.69) is 15.0 Å². The molecule has 0 fully saturated rings. The van der Waals surface area contributed by atoms with Crippen molar-refractivity contribution in [1.29, 1.82) is 0 Å². The van der Waals surface area contributed by atoms with Crippen molar-refractivity contribution in [1.82, 2.24) is 19.5 Å². The summed E-state index contributed by atoms with van der Waals surface area (Å²) in [5, 5.41) is 0.476. The van der Waals surface area contributed by atoms with Gasteiger partial charge in [-0.1, -0.05) is 18.5 Å². The largest absolute Gasteiger partial charge is 0.352 e. The molecule has 2 aromatic rings. The Morgan fingerprint density at radius 2 is 2.17 bits per heavy atom. The fourth-order valence-corrected chi connectivity index (χ4v) is 1.84. The SMILES string of the molecule is CCc1nc(Cl)cc(N(C)Cc2nccn2C)n1. The van der Waals surface area contributed by atoms with Crippen molar-refractivity contribution in [2.75, 3.05) is 11.9 Å². The topological polar surface area (TPSA) is 46.8 Å². The summed E-state index contributed by atoms with van der Waals surface area (Å²) in [6.45, 7) is 2.69. The third-order valence-corrected chi connectivity index (χ3v) is 2.93. The van der Waals surface area contributed by atoms with E-state index >= 15 is 0 Å². The Labute approximate surface area is 111 Å². The van der Waals surface area contributed by atoms with Gasteiger partial charge in [0.15, 0.2) is 0 Å².